The number of hydrogen-bond acceptors (Lipinski definition) is 0. The molecule has 0 unspecified atom stereocenters. The third-order valence-corrected chi connectivity index (χ3v) is 6.74. The molecule has 5 aromatic carbocycles. The summed E-state index contributed by atoms with van der Waals surface area (Å²) >= 11 is 0. The van der Waals surface area contributed by atoms with E-state index in [2.05, 4.69) is 129 Å². The molecular formula is C35H30. The molecule has 0 saturated carbocycles. The number of rotatable bonds is 6. The summed E-state index contributed by atoms with van der Waals surface area (Å²) in [6.45, 7) is 8.16. The molecular weight excluding hydrogens is 420 g/mol. The molecule has 0 aliphatic heterocycles. The zero-order valence-electron chi connectivity index (χ0n) is 20.5. The van der Waals surface area contributed by atoms with Gasteiger partial charge in [0.15, 0.2) is 0 Å². The van der Waals surface area contributed by atoms with Crippen molar-refractivity contribution in [2.45, 2.75) is 20.3 Å². The quantitative estimate of drug-likeness (QED) is 0.137. The molecule has 35 heavy (non-hydrogen) atoms. The molecule has 0 aromatic heterocycles. The maximum atomic E-state index is 4.04. The summed E-state index contributed by atoms with van der Waals surface area (Å²) in [6, 6.07) is 31.0. The van der Waals surface area contributed by atoms with E-state index in [0.717, 1.165) is 12.0 Å². The number of benzene rings is 5. The molecule has 0 amide bonds. The SMILES string of the molecule is C=Cc1cc(C(/C=C\C)=C/Cc2c3ccccc3cc3c2ccc2ccccc23)ccc1/C=C\C. The van der Waals surface area contributed by atoms with E-state index in [9.17, 15) is 0 Å². The highest BCUT2D eigenvalue weighted by Crippen LogP contribution is 2.34. The van der Waals surface area contributed by atoms with Crippen LogP contribution < -0.4 is 0 Å². The average molecular weight is 451 g/mol. The van der Waals surface area contributed by atoms with E-state index in [1.54, 1.807) is 0 Å². The van der Waals surface area contributed by atoms with Crippen molar-refractivity contribution in [2.75, 3.05) is 0 Å². The van der Waals surface area contributed by atoms with Gasteiger partial charge < -0.3 is 0 Å². The van der Waals surface area contributed by atoms with Crippen molar-refractivity contribution in [3.05, 3.63) is 138 Å². The van der Waals surface area contributed by atoms with E-state index < -0.39 is 0 Å². The largest absolute Gasteiger partial charge is 0.0984 e. The summed E-state index contributed by atoms with van der Waals surface area (Å²) < 4.78 is 0. The van der Waals surface area contributed by atoms with Gasteiger partial charge in [-0.25, -0.2) is 0 Å². The van der Waals surface area contributed by atoms with Gasteiger partial charge in [-0.1, -0.05) is 116 Å². The third kappa shape index (κ3) is 4.36. The van der Waals surface area contributed by atoms with Crippen LogP contribution in [0.25, 0.3) is 50.0 Å². The highest BCUT2D eigenvalue weighted by molar-refractivity contribution is 6.14. The molecule has 0 heteroatoms. The lowest BCUT2D eigenvalue weighted by Gasteiger charge is -2.13. The van der Waals surface area contributed by atoms with Crippen LogP contribution in [0.5, 0.6) is 0 Å². The fraction of sp³-hybridized carbons (Fsp3) is 0.0857. The van der Waals surface area contributed by atoms with Gasteiger partial charge in [-0.2, -0.15) is 0 Å². The Bertz CT molecular complexity index is 1640. The molecule has 0 spiro atoms. The molecule has 0 saturated heterocycles. The minimum Gasteiger partial charge on any atom is -0.0984 e. The van der Waals surface area contributed by atoms with Gasteiger partial charge in [0.1, 0.15) is 0 Å². The summed E-state index contributed by atoms with van der Waals surface area (Å²) in [5.74, 6) is 0. The van der Waals surface area contributed by atoms with Crippen LogP contribution in [-0.2, 0) is 6.42 Å². The molecule has 5 aromatic rings. The molecule has 0 fully saturated rings. The predicted octanol–water partition coefficient (Wildman–Crippen LogP) is 10.0. The van der Waals surface area contributed by atoms with Crippen LogP contribution in [0.2, 0.25) is 0 Å². The molecule has 0 N–H and O–H groups in total. The molecule has 0 aliphatic rings. The van der Waals surface area contributed by atoms with E-state index >= 15 is 0 Å². The van der Waals surface area contributed by atoms with Gasteiger partial charge in [-0.15, -0.1) is 0 Å². The second-order valence-electron chi connectivity index (χ2n) is 8.87. The molecule has 0 heterocycles. The first kappa shape index (κ1) is 22.6. The lowest BCUT2D eigenvalue weighted by molar-refractivity contribution is 1.33. The lowest BCUT2D eigenvalue weighted by atomic mass is 9.90. The van der Waals surface area contributed by atoms with E-state index in [4.69, 9.17) is 0 Å². The van der Waals surface area contributed by atoms with Gasteiger partial charge in [0.25, 0.3) is 0 Å². The smallest absolute Gasteiger partial charge is 0.00759 e. The van der Waals surface area contributed by atoms with Gasteiger partial charge in [-0.3, -0.25) is 0 Å². The fourth-order valence-electron chi connectivity index (χ4n) is 5.07. The van der Waals surface area contributed by atoms with Gasteiger partial charge in [0.05, 0.1) is 0 Å². The van der Waals surface area contributed by atoms with E-state index in [-0.39, 0.29) is 0 Å². The zero-order chi connectivity index (χ0) is 24.2. The Kier molecular flexibility index (Phi) is 6.46. The second-order valence-corrected chi connectivity index (χ2v) is 8.87. The predicted molar refractivity (Wildman–Crippen MR) is 157 cm³/mol. The van der Waals surface area contributed by atoms with Crippen LogP contribution >= 0.6 is 0 Å². The van der Waals surface area contributed by atoms with Crippen molar-refractivity contribution in [3.63, 3.8) is 0 Å². The van der Waals surface area contributed by atoms with Crippen molar-refractivity contribution in [1.82, 2.24) is 0 Å². The molecule has 0 nitrogen and oxygen atoms in total. The molecule has 0 radical (unpaired) electrons. The van der Waals surface area contributed by atoms with E-state index in [1.165, 1.54) is 54.6 Å². The van der Waals surface area contributed by atoms with Crippen LogP contribution in [0, 0.1) is 0 Å². The summed E-state index contributed by atoms with van der Waals surface area (Å²) in [4.78, 5) is 0. The highest BCUT2D eigenvalue weighted by Gasteiger charge is 2.10. The zero-order valence-corrected chi connectivity index (χ0v) is 20.5. The first-order valence-corrected chi connectivity index (χ1v) is 12.3. The summed E-state index contributed by atoms with van der Waals surface area (Å²) in [7, 11) is 0. The number of fused-ring (bicyclic) bond motifs is 4. The van der Waals surface area contributed by atoms with E-state index in [0.29, 0.717) is 0 Å². The summed E-state index contributed by atoms with van der Waals surface area (Å²) in [5.41, 5.74) is 6.15. The lowest BCUT2D eigenvalue weighted by Crippen LogP contribution is -1.92. The molecule has 0 bridgehead atoms. The molecule has 0 atom stereocenters. The Balaban J connectivity index is 1.69. The van der Waals surface area contributed by atoms with Crippen LogP contribution in [-0.4, -0.2) is 0 Å². The normalized spacial score (nSPS) is 12.5. The number of hydrogen-bond donors (Lipinski definition) is 0. The Morgan fingerprint density at radius 3 is 2.23 bits per heavy atom. The van der Waals surface area contributed by atoms with Crippen molar-refractivity contribution in [1.29, 1.82) is 0 Å². The third-order valence-electron chi connectivity index (χ3n) is 6.74. The molecule has 5 rings (SSSR count). The first-order chi connectivity index (χ1) is 17.2. The minimum atomic E-state index is 0.857. The maximum absolute atomic E-state index is 4.04. The Morgan fingerprint density at radius 2 is 1.46 bits per heavy atom. The first-order valence-electron chi connectivity index (χ1n) is 12.3. The molecule has 0 aliphatic carbocycles. The van der Waals surface area contributed by atoms with Crippen molar-refractivity contribution < 1.29 is 0 Å². The monoisotopic (exact) mass is 450 g/mol. The van der Waals surface area contributed by atoms with Gasteiger partial charge >= 0.3 is 0 Å². The van der Waals surface area contributed by atoms with Crippen molar-refractivity contribution >= 4 is 50.0 Å². The van der Waals surface area contributed by atoms with Crippen LogP contribution in [0.15, 0.2) is 116 Å². The Morgan fingerprint density at radius 1 is 0.686 bits per heavy atom. The summed E-state index contributed by atoms with van der Waals surface area (Å²) in [6.07, 6.45) is 13.7. The van der Waals surface area contributed by atoms with Gasteiger partial charge in [-0.05, 0) is 92.5 Å². The Labute approximate surface area is 208 Å². The van der Waals surface area contributed by atoms with Gasteiger partial charge in [0, 0.05) is 0 Å². The fourth-order valence-corrected chi connectivity index (χ4v) is 5.07. The van der Waals surface area contributed by atoms with Crippen LogP contribution in [0.1, 0.15) is 36.1 Å². The van der Waals surface area contributed by atoms with Crippen LogP contribution in [0.3, 0.4) is 0 Å². The topological polar surface area (TPSA) is 0 Å². The highest BCUT2D eigenvalue weighted by atomic mass is 14.1. The second kappa shape index (κ2) is 9.99. The minimum absolute atomic E-state index is 0.857. The van der Waals surface area contributed by atoms with Crippen molar-refractivity contribution in [2.24, 2.45) is 0 Å². The van der Waals surface area contributed by atoms with Gasteiger partial charge in [0.2, 0.25) is 0 Å². The summed E-state index contributed by atoms with van der Waals surface area (Å²) in [5, 5.41) is 7.85. The van der Waals surface area contributed by atoms with E-state index in [1.807, 2.05) is 13.0 Å². The Hall–Kier alpha value is -4.16. The number of allylic oxidation sites excluding steroid dienone is 5. The van der Waals surface area contributed by atoms with Crippen LogP contribution in [0.4, 0.5) is 0 Å². The molecule has 170 valence electrons. The average Bonchev–Trinajstić information content (AvgIpc) is 2.90. The maximum Gasteiger partial charge on any atom is -0.00759 e. The standard InChI is InChI=1S/C35H30/c1-4-11-26-17-18-29(23-25(26)6-3)27(12-5-2)19-21-33-32-16-10-8-14-30(32)24-35-31-15-9-7-13-28(31)20-22-34(33)35/h4-20,22-24H,3,21H2,1-2H3/b11-4-,12-5-,27-19+. The van der Waals surface area contributed by atoms with Crippen molar-refractivity contribution in [3.8, 4) is 0 Å².